The van der Waals surface area contributed by atoms with E-state index in [-0.39, 0.29) is 0 Å². The maximum atomic E-state index is 3.45. The van der Waals surface area contributed by atoms with E-state index in [4.69, 9.17) is 0 Å². The molecule has 1 saturated carbocycles. The molecule has 2 rings (SSSR count). The molecule has 0 aromatic heterocycles. The number of anilines is 1. The fourth-order valence-electron chi connectivity index (χ4n) is 2.03. The van der Waals surface area contributed by atoms with Crippen LogP contribution in [-0.2, 0) is 0 Å². The van der Waals surface area contributed by atoms with E-state index >= 15 is 0 Å². The van der Waals surface area contributed by atoms with Gasteiger partial charge < -0.3 is 5.32 Å². The van der Waals surface area contributed by atoms with Gasteiger partial charge in [0.2, 0.25) is 0 Å². The van der Waals surface area contributed by atoms with E-state index in [2.05, 4.69) is 47.4 Å². The Bertz CT molecular complexity index is 267. The number of para-hydroxylation sites is 1. The zero-order valence-corrected chi connectivity index (χ0v) is 9.93. The van der Waals surface area contributed by atoms with Gasteiger partial charge in [0, 0.05) is 23.2 Å². The highest BCUT2D eigenvalue weighted by Crippen LogP contribution is 2.28. The van der Waals surface area contributed by atoms with Crippen molar-refractivity contribution in [3.63, 3.8) is 0 Å². The molecule has 0 amide bonds. The lowest BCUT2D eigenvalue weighted by molar-refractivity contribution is 0.886. The molecular formula is C13H19NS. The van der Waals surface area contributed by atoms with E-state index in [0.717, 1.165) is 11.8 Å². The zero-order chi connectivity index (χ0) is 10.3. The van der Waals surface area contributed by atoms with Crippen molar-refractivity contribution in [1.82, 2.24) is 0 Å². The summed E-state index contributed by atoms with van der Waals surface area (Å²) in [6, 6.07) is 10.5. The summed E-state index contributed by atoms with van der Waals surface area (Å²) < 4.78 is 0. The monoisotopic (exact) mass is 221 g/mol. The van der Waals surface area contributed by atoms with Gasteiger partial charge in [0.1, 0.15) is 0 Å². The molecule has 0 atom stereocenters. The van der Waals surface area contributed by atoms with E-state index in [1.165, 1.54) is 37.1 Å². The Morgan fingerprint density at radius 2 is 1.87 bits per heavy atom. The molecule has 0 spiro atoms. The van der Waals surface area contributed by atoms with Gasteiger partial charge in [-0.15, -0.1) is 0 Å². The van der Waals surface area contributed by atoms with Crippen LogP contribution in [0.2, 0.25) is 0 Å². The van der Waals surface area contributed by atoms with Crippen molar-refractivity contribution in [2.24, 2.45) is 0 Å². The summed E-state index contributed by atoms with van der Waals surface area (Å²) in [6.45, 7) is 1.09. The predicted octanol–water partition coefficient (Wildman–Crippen LogP) is 3.77. The summed E-state index contributed by atoms with van der Waals surface area (Å²) >= 11 is 2.14. The van der Waals surface area contributed by atoms with Crippen molar-refractivity contribution in [1.29, 1.82) is 0 Å². The van der Waals surface area contributed by atoms with Crippen LogP contribution in [0.1, 0.15) is 25.7 Å². The molecule has 0 unspecified atom stereocenters. The largest absolute Gasteiger partial charge is 0.384 e. The van der Waals surface area contributed by atoms with Gasteiger partial charge >= 0.3 is 0 Å². The molecule has 0 saturated heterocycles. The van der Waals surface area contributed by atoms with Gasteiger partial charge in [-0.1, -0.05) is 31.0 Å². The number of nitrogens with one attached hydrogen (secondary N) is 1. The predicted molar refractivity (Wildman–Crippen MR) is 69.6 cm³/mol. The van der Waals surface area contributed by atoms with Gasteiger partial charge in [-0.05, 0) is 25.0 Å². The number of hydrogen-bond donors (Lipinski definition) is 1. The van der Waals surface area contributed by atoms with E-state index in [1.54, 1.807) is 0 Å². The minimum absolute atomic E-state index is 0.947. The zero-order valence-electron chi connectivity index (χ0n) is 9.11. The molecule has 0 aliphatic heterocycles. The molecule has 15 heavy (non-hydrogen) atoms. The normalized spacial score (nSPS) is 16.8. The van der Waals surface area contributed by atoms with Crippen molar-refractivity contribution in [2.45, 2.75) is 30.9 Å². The Morgan fingerprint density at radius 1 is 1.13 bits per heavy atom. The quantitative estimate of drug-likeness (QED) is 0.760. The highest BCUT2D eigenvalue weighted by atomic mass is 32.2. The lowest BCUT2D eigenvalue weighted by Crippen LogP contribution is -2.06. The molecule has 2 heteroatoms. The van der Waals surface area contributed by atoms with Crippen molar-refractivity contribution >= 4 is 17.4 Å². The standard InChI is InChI=1S/C13H19NS/c1-2-6-12(7-3-1)14-10-11-15-13-8-4-5-9-13/h1-3,6-7,13-14H,4-5,8-11H2. The van der Waals surface area contributed by atoms with Crippen LogP contribution in [0.5, 0.6) is 0 Å². The van der Waals surface area contributed by atoms with Crippen LogP contribution in [0.15, 0.2) is 30.3 Å². The Hall–Kier alpha value is -0.630. The summed E-state index contributed by atoms with van der Waals surface area (Å²) in [5.74, 6) is 1.24. The van der Waals surface area contributed by atoms with Gasteiger partial charge in [0.15, 0.2) is 0 Å². The smallest absolute Gasteiger partial charge is 0.0340 e. The molecule has 1 aromatic carbocycles. The Morgan fingerprint density at radius 3 is 2.60 bits per heavy atom. The number of hydrogen-bond acceptors (Lipinski definition) is 2. The lowest BCUT2D eigenvalue weighted by atomic mass is 10.3. The summed E-state index contributed by atoms with van der Waals surface area (Å²) in [4.78, 5) is 0. The summed E-state index contributed by atoms with van der Waals surface area (Å²) in [5, 5.41) is 4.39. The van der Waals surface area contributed by atoms with Crippen molar-refractivity contribution in [2.75, 3.05) is 17.6 Å². The van der Waals surface area contributed by atoms with E-state index in [9.17, 15) is 0 Å². The van der Waals surface area contributed by atoms with Gasteiger partial charge in [-0.3, -0.25) is 0 Å². The van der Waals surface area contributed by atoms with Crippen LogP contribution in [0.25, 0.3) is 0 Å². The third-order valence-electron chi connectivity index (χ3n) is 2.86. The highest BCUT2D eigenvalue weighted by molar-refractivity contribution is 7.99. The Balaban J connectivity index is 1.59. The number of rotatable bonds is 5. The lowest BCUT2D eigenvalue weighted by Gasteiger charge is -2.09. The summed E-state index contributed by atoms with van der Waals surface area (Å²) in [5.41, 5.74) is 1.24. The SMILES string of the molecule is c1ccc(NCCSC2CCCC2)cc1. The van der Waals surface area contributed by atoms with Gasteiger partial charge in [0.25, 0.3) is 0 Å². The minimum atomic E-state index is 0.947. The van der Waals surface area contributed by atoms with Gasteiger partial charge in [-0.25, -0.2) is 0 Å². The third kappa shape index (κ3) is 3.78. The van der Waals surface area contributed by atoms with Crippen molar-refractivity contribution in [3.05, 3.63) is 30.3 Å². The molecule has 0 radical (unpaired) electrons. The van der Waals surface area contributed by atoms with E-state index in [0.29, 0.717) is 0 Å². The molecule has 0 heterocycles. The average Bonchev–Trinajstić information content (AvgIpc) is 2.79. The molecule has 1 aliphatic carbocycles. The minimum Gasteiger partial charge on any atom is -0.384 e. The number of benzene rings is 1. The van der Waals surface area contributed by atoms with Crippen LogP contribution in [0.3, 0.4) is 0 Å². The molecule has 1 aliphatic rings. The maximum absolute atomic E-state index is 3.45. The Labute approximate surface area is 96.7 Å². The second kappa shape index (κ2) is 6.06. The van der Waals surface area contributed by atoms with Crippen LogP contribution in [-0.4, -0.2) is 17.5 Å². The van der Waals surface area contributed by atoms with Gasteiger partial charge in [0.05, 0.1) is 0 Å². The van der Waals surface area contributed by atoms with Crippen LogP contribution in [0, 0.1) is 0 Å². The molecule has 1 fully saturated rings. The molecule has 82 valence electrons. The van der Waals surface area contributed by atoms with Crippen molar-refractivity contribution < 1.29 is 0 Å². The van der Waals surface area contributed by atoms with E-state index in [1.807, 2.05) is 0 Å². The molecule has 1 nitrogen and oxygen atoms in total. The highest BCUT2D eigenvalue weighted by Gasteiger charge is 2.14. The first-order valence-electron chi connectivity index (χ1n) is 5.86. The molecular weight excluding hydrogens is 202 g/mol. The second-order valence-electron chi connectivity index (χ2n) is 4.07. The molecule has 0 bridgehead atoms. The number of thioether (sulfide) groups is 1. The fourth-order valence-corrected chi connectivity index (χ4v) is 3.25. The van der Waals surface area contributed by atoms with Crippen LogP contribution < -0.4 is 5.32 Å². The third-order valence-corrected chi connectivity index (χ3v) is 4.24. The average molecular weight is 221 g/mol. The maximum Gasteiger partial charge on any atom is 0.0340 e. The van der Waals surface area contributed by atoms with Crippen LogP contribution in [0.4, 0.5) is 5.69 Å². The van der Waals surface area contributed by atoms with Crippen LogP contribution >= 0.6 is 11.8 Å². The summed E-state index contributed by atoms with van der Waals surface area (Å²) in [7, 11) is 0. The fraction of sp³-hybridized carbons (Fsp3) is 0.538. The van der Waals surface area contributed by atoms with E-state index < -0.39 is 0 Å². The first-order chi connectivity index (χ1) is 7.45. The van der Waals surface area contributed by atoms with Gasteiger partial charge in [-0.2, -0.15) is 11.8 Å². The Kier molecular flexibility index (Phi) is 4.39. The van der Waals surface area contributed by atoms with Crippen molar-refractivity contribution in [3.8, 4) is 0 Å². The topological polar surface area (TPSA) is 12.0 Å². The second-order valence-corrected chi connectivity index (χ2v) is 5.48. The molecule has 1 N–H and O–H groups in total. The first kappa shape index (κ1) is 10.9. The first-order valence-corrected chi connectivity index (χ1v) is 6.90. The molecule has 1 aromatic rings. The summed E-state index contributed by atoms with van der Waals surface area (Å²) in [6.07, 6.45) is 5.78.